The zero-order valence-corrected chi connectivity index (χ0v) is 14.1. The Morgan fingerprint density at radius 2 is 2.20 bits per heavy atom. The van der Waals surface area contributed by atoms with Crippen LogP contribution in [-0.4, -0.2) is 30.6 Å². The molecule has 1 aliphatic rings. The highest BCUT2D eigenvalue weighted by atomic mass is 19.1. The number of ether oxygens (including phenoxy) is 2. The summed E-state index contributed by atoms with van der Waals surface area (Å²) in [5, 5.41) is 2.89. The molecule has 2 aromatic rings. The first-order chi connectivity index (χ1) is 12.0. The van der Waals surface area contributed by atoms with E-state index < -0.39 is 0 Å². The normalized spacial score (nSPS) is 15.3. The number of hydrogen-bond acceptors (Lipinski definition) is 4. The summed E-state index contributed by atoms with van der Waals surface area (Å²) in [6.45, 7) is 4.48. The molecule has 132 valence electrons. The maximum atomic E-state index is 13.1. The Bertz CT molecular complexity index is 730. The second-order valence-electron chi connectivity index (χ2n) is 6.61. The number of carbonyl (C=O) groups is 1. The van der Waals surface area contributed by atoms with Crippen LogP contribution in [0.2, 0.25) is 0 Å². The Morgan fingerprint density at radius 1 is 1.36 bits per heavy atom. The zero-order chi connectivity index (χ0) is 17.7. The predicted octanol–water partition coefficient (Wildman–Crippen LogP) is 2.96. The highest BCUT2D eigenvalue weighted by Gasteiger charge is 2.32. The maximum absolute atomic E-state index is 13.1. The predicted molar refractivity (Wildman–Crippen MR) is 90.8 cm³/mol. The summed E-state index contributed by atoms with van der Waals surface area (Å²) < 4.78 is 23.8. The summed E-state index contributed by atoms with van der Waals surface area (Å²) in [4.78, 5) is 16.2. The summed E-state index contributed by atoms with van der Waals surface area (Å²) in [7, 11) is 0. The zero-order valence-electron chi connectivity index (χ0n) is 14.1. The van der Waals surface area contributed by atoms with E-state index in [0.717, 1.165) is 25.2 Å². The topological polar surface area (TPSA) is 60.5 Å². The van der Waals surface area contributed by atoms with Gasteiger partial charge in [0.2, 0.25) is 5.88 Å². The lowest BCUT2D eigenvalue weighted by molar-refractivity contribution is -0.104. The molecule has 1 aliphatic heterocycles. The van der Waals surface area contributed by atoms with E-state index in [0.29, 0.717) is 18.0 Å². The second kappa shape index (κ2) is 7.61. The summed E-state index contributed by atoms with van der Waals surface area (Å²) in [5.41, 5.74) is 1.38. The molecule has 5 nitrogen and oxygen atoms in total. The van der Waals surface area contributed by atoms with E-state index in [1.165, 1.54) is 18.3 Å². The van der Waals surface area contributed by atoms with Crippen molar-refractivity contribution in [3.05, 3.63) is 59.5 Å². The third-order valence-electron chi connectivity index (χ3n) is 4.19. The Balaban J connectivity index is 1.46. The van der Waals surface area contributed by atoms with E-state index in [-0.39, 0.29) is 23.7 Å². The molecule has 1 fully saturated rings. The van der Waals surface area contributed by atoms with Gasteiger partial charge in [-0.1, -0.05) is 19.1 Å². The van der Waals surface area contributed by atoms with E-state index in [4.69, 9.17) is 9.47 Å². The molecule has 0 unspecified atom stereocenters. The second-order valence-corrected chi connectivity index (χ2v) is 6.61. The number of aromatic nitrogens is 1. The lowest BCUT2D eigenvalue weighted by Crippen LogP contribution is -2.42. The van der Waals surface area contributed by atoms with E-state index in [1.54, 1.807) is 24.3 Å². The van der Waals surface area contributed by atoms with Crippen LogP contribution in [0.5, 0.6) is 5.88 Å². The van der Waals surface area contributed by atoms with Gasteiger partial charge in [-0.2, -0.15) is 0 Å². The number of pyridine rings is 1. The van der Waals surface area contributed by atoms with Gasteiger partial charge in [-0.05, 0) is 30.2 Å². The van der Waals surface area contributed by atoms with Crippen LogP contribution in [-0.2, 0) is 11.3 Å². The average molecular weight is 344 g/mol. The number of amides is 1. The fraction of sp³-hybridized carbons (Fsp3) is 0.368. The fourth-order valence-electron chi connectivity index (χ4n) is 2.56. The number of rotatable bonds is 7. The van der Waals surface area contributed by atoms with E-state index in [9.17, 15) is 9.18 Å². The van der Waals surface area contributed by atoms with Gasteiger partial charge in [-0.3, -0.25) is 4.79 Å². The van der Waals surface area contributed by atoms with Crippen molar-refractivity contribution in [1.29, 1.82) is 0 Å². The molecule has 6 heteroatoms. The lowest BCUT2D eigenvalue weighted by atomic mass is 9.85. The van der Waals surface area contributed by atoms with Crippen LogP contribution in [0.3, 0.4) is 0 Å². The molecule has 3 rings (SSSR count). The maximum Gasteiger partial charge on any atom is 0.252 e. The molecule has 0 radical (unpaired) electrons. The highest BCUT2D eigenvalue weighted by molar-refractivity contribution is 5.93. The number of nitrogens with one attached hydrogen (secondary N) is 1. The van der Waals surface area contributed by atoms with Gasteiger partial charge in [0, 0.05) is 24.2 Å². The molecule has 1 saturated heterocycles. The molecule has 25 heavy (non-hydrogen) atoms. The molecular weight excluding hydrogens is 323 g/mol. The third kappa shape index (κ3) is 4.76. The summed E-state index contributed by atoms with van der Waals surface area (Å²) in [5.74, 6) is -0.0728. The lowest BCUT2D eigenvalue weighted by Gasteiger charge is -2.38. The Kier molecular flexibility index (Phi) is 5.28. The van der Waals surface area contributed by atoms with Gasteiger partial charge in [-0.25, -0.2) is 9.37 Å². The SMILES string of the molecule is CC1(CCNC(=O)c2ccc(OCc3cccc(F)c3)nc2)COC1. The quantitative estimate of drug-likeness (QED) is 0.839. The minimum absolute atomic E-state index is 0.159. The van der Waals surface area contributed by atoms with E-state index >= 15 is 0 Å². The van der Waals surface area contributed by atoms with Crippen molar-refractivity contribution in [2.45, 2.75) is 20.0 Å². The molecule has 1 amide bonds. The first kappa shape index (κ1) is 17.4. The van der Waals surface area contributed by atoms with Crippen LogP contribution in [0.25, 0.3) is 0 Å². The minimum atomic E-state index is -0.302. The van der Waals surface area contributed by atoms with E-state index in [2.05, 4.69) is 17.2 Å². The van der Waals surface area contributed by atoms with Gasteiger partial charge in [0.05, 0.1) is 18.8 Å². The molecule has 0 bridgehead atoms. The van der Waals surface area contributed by atoms with Crippen LogP contribution >= 0.6 is 0 Å². The first-order valence-corrected chi connectivity index (χ1v) is 8.23. The molecule has 0 spiro atoms. The third-order valence-corrected chi connectivity index (χ3v) is 4.19. The van der Waals surface area contributed by atoms with Gasteiger partial charge in [0.25, 0.3) is 5.91 Å². The molecule has 0 atom stereocenters. The largest absolute Gasteiger partial charge is 0.473 e. The number of halogens is 1. The monoisotopic (exact) mass is 344 g/mol. The molecule has 1 aromatic heterocycles. The Morgan fingerprint density at radius 3 is 2.84 bits per heavy atom. The van der Waals surface area contributed by atoms with Gasteiger partial charge in [0.15, 0.2) is 0 Å². The van der Waals surface area contributed by atoms with E-state index in [1.807, 2.05) is 0 Å². The van der Waals surface area contributed by atoms with Crippen LogP contribution in [0.1, 0.15) is 29.3 Å². The van der Waals surface area contributed by atoms with Gasteiger partial charge in [0.1, 0.15) is 12.4 Å². The van der Waals surface area contributed by atoms with Gasteiger partial charge < -0.3 is 14.8 Å². The minimum Gasteiger partial charge on any atom is -0.473 e. The van der Waals surface area contributed by atoms with Crippen molar-refractivity contribution < 1.29 is 18.7 Å². The van der Waals surface area contributed by atoms with Crippen molar-refractivity contribution >= 4 is 5.91 Å². The Hall–Kier alpha value is -2.47. The van der Waals surface area contributed by atoms with Gasteiger partial charge >= 0.3 is 0 Å². The molecule has 1 N–H and O–H groups in total. The fourth-order valence-corrected chi connectivity index (χ4v) is 2.56. The van der Waals surface area contributed by atoms with Crippen molar-refractivity contribution in [2.75, 3.05) is 19.8 Å². The standard InChI is InChI=1S/C19H21FN2O3/c1-19(12-24-13-19)7-8-21-18(23)15-5-6-17(22-10-15)25-11-14-3-2-4-16(20)9-14/h2-6,9-10H,7-8,11-13H2,1H3,(H,21,23). The molecule has 2 heterocycles. The van der Waals surface area contributed by atoms with Crippen LogP contribution in [0.4, 0.5) is 4.39 Å². The first-order valence-electron chi connectivity index (χ1n) is 8.23. The Labute approximate surface area is 146 Å². The smallest absolute Gasteiger partial charge is 0.252 e. The van der Waals surface area contributed by atoms with Crippen LogP contribution in [0.15, 0.2) is 42.6 Å². The molecule has 0 saturated carbocycles. The number of hydrogen-bond donors (Lipinski definition) is 1. The summed E-state index contributed by atoms with van der Waals surface area (Å²) >= 11 is 0. The molecule has 0 aliphatic carbocycles. The number of carbonyl (C=O) groups excluding carboxylic acids is 1. The highest BCUT2D eigenvalue weighted by Crippen LogP contribution is 2.29. The summed E-state index contributed by atoms with van der Waals surface area (Å²) in [6, 6.07) is 9.50. The van der Waals surface area contributed by atoms with Crippen molar-refractivity contribution in [1.82, 2.24) is 10.3 Å². The van der Waals surface area contributed by atoms with Gasteiger partial charge in [-0.15, -0.1) is 0 Å². The molecular formula is C19H21FN2O3. The number of nitrogens with zero attached hydrogens (tertiary/aromatic N) is 1. The van der Waals surface area contributed by atoms with Crippen molar-refractivity contribution in [2.24, 2.45) is 5.41 Å². The number of benzene rings is 1. The molecule has 1 aromatic carbocycles. The van der Waals surface area contributed by atoms with Crippen molar-refractivity contribution in [3.8, 4) is 5.88 Å². The van der Waals surface area contributed by atoms with Crippen molar-refractivity contribution in [3.63, 3.8) is 0 Å². The van der Waals surface area contributed by atoms with Crippen LogP contribution < -0.4 is 10.1 Å². The average Bonchev–Trinajstić information content (AvgIpc) is 2.59. The summed E-state index contributed by atoms with van der Waals surface area (Å²) in [6.07, 6.45) is 2.37. The van der Waals surface area contributed by atoms with Crippen LogP contribution in [0, 0.1) is 11.2 Å².